The maximum absolute atomic E-state index is 3.66. The summed E-state index contributed by atoms with van der Waals surface area (Å²) >= 11 is 0. The molecular formula is C19H30N2. The third-order valence-corrected chi connectivity index (χ3v) is 5.08. The standard InChI is InChI=1S/C19H30N2/c1-14-9-15(2)19(16(3)10-14)13-21(11-17-6-7-17)12-18-5-4-8-20-18/h9-10,17-18,20H,4-8,11-13H2,1-3H3. The van der Waals surface area contributed by atoms with E-state index in [-0.39, 0.29) is 0 Å². The summed E-state index contributed by atoms with van der Waals surface area (Å²) in [6.45, 7) is 11.6. The summed E-state index contributed by atoms with van der Waals surface area (Å²) in [6, 6.07) is 5.39. The third-order valence-electron chi connectivity index (χ3n) is 5.08. The minimum absolute atomic E-state index is 0.717. The highest BCUT2D eigenvalue weighted by atomic mass is 15.2. The lowest BCUT2D eigenvalue weighted by Crippen LogP contribution is -2.38. The number of nitrogens with one attached hydrogen (secondary N) is 1. The lowest BCUT2D eigenvalue weighted by Gasteiger charge is -2.27. The van der Waals surface area contributed by atoms with E-state index >= 15 is 0 Å². The van der Waals surface area contributed by atoms with Gasteiger partial charge in [0.2, 0.25) is 0 Å². The first-order chi connectivity index (χ1) is 10.1. The van der Waals surface area contributed by atoms with Gasteiger partial charge in [-0.3, -0.25) is 4.90 Å². The van der Waals surface area contributed by atoms with E-state index in [1.54, 1.807) is 5.56 Å². The Morgan fingerprint density at radius 1 is 1.05 bits per heavy atom. The zero-order valence-electron chi connectivity index (χ0n) is 13.9. The van der Waals surface area contributed by atoms with Crippen LogP contribution in [0.4, 0.5) is 0 Å². The molecule has 1 aromatic carbocycles. The van der Waals surface area contributed by atoms with E-state index in [2.05, 4.69) is 43.1 Å². The fourth-order valence-electron chi connectivity index (χ4n) is 3.78. The molecule has 1 atom stereocenters. The molecule has 1 saturated carbocycles. The van der Waals surface area contributed by atoms with Crippen molar-refractivity contribution in [1.29, 1.82) is 0 Å². The topological polar surface area (TPSA) is 15.3 Å². The first-order valence-electron chi connectivity index (χ1n) is 8.64. The van der Waals surface area contributed by atoms with Gasteiger partial charge in [-0.15, -0.1) is 0 Å². The number of benzene rings is 1. The van der Waals surface area contributed by atoms with Gasteiger partial charge in [-0.2, -0.15) is 0 Å². The zero-order valence-corrected chi connectivity index (χ0v) is 13.9. The number of rotatable bonds is 6. The van der Waals surface area contributed by atoms with Crippen molar-refractivity contribution in [2.45, 2.75) is 59.0 Å². The van der Waals surface area contributed by atoms with E-state index in [0.29, 0.717) is 0 Å². The van der Waals surface area contributed by atoms with Crippen molar-refractivity contribution in [2.24, 2.45) is 5.92 Å². The molecule has 2 heteroatoms. The van der Waals surface area contributed by atoms with Crippen molar-refractivity contribution in [1.82, 2.24) is 10.2 Å². The molecule has 2 nitrogen and oxygen atoms in total. The van der Waals surface area contributed by atoms with Crippen LogP contribution in [0.5, 0.6) is 0 Å². The van der Waals surface area contributed by atoms with Crippen LogP contribution in [0.1, 0.15) is 47.9 Å². The van der Waals surface area contributed by atoms with Crippen molar-refractivity contribution in [3.63, 3.8) is 0 Å². The molecule has 0 amide bonds. The molecule has 0 radical (unpaired) electrons. The fourth-order valence-corrected chi connectivity index (χ4v) is 3.78. The number of nitrogens with zero attached hydrogens (tertiary/aromatic N) is 1. The van der Waals surface area contributed by atoms with Crippen LogP contribution in [0.2, 0.25) is 0 Å². The van der Waals surface area contributed by atoms with Crippen molar-refractivity contribution in [3.05, 3.63) is 34.4 Å². The fraction of sp³-hybridized carbons (Fsp3) is 0.684. The first kappa shape index (κ1) is 15.1. The summed E-state index contributed by atoms with van der Waals surface area (Å²) in [5.74, 6) is 0.970. The lowest BCUT2D eigenvalue weighted by atomic mass is 9.99. The van der Waals surface area contributed by atoms with Gasteiger partial charge in [0.15, 0.2) is 0 Å². The van der Waals surface area contributed by atoms with Crippen molar-refractivity contribution >= 4 is 0 Å². The molecular weight excluding hydrogens is 256 g/mol. The lowest BCUT2D eigenvalue weighted by molar-refractivity contribution is 0.231. The number of aryl methyl sites for hydroxylation is 3. The Bertz CT molecular complexity index is 461. The molecule has 2 aliphatic rings. The molecule has 1 heterocycles. The minimum atomic E-state index is 0.717. The molecule has 0 bridgehead atoms. The van der Waals surface area contributed by atoms with Gasteiger partial charge >= 0.3 is 0 Å². The highest BCUT2D eigenvalue weighted by Gasteiger charge is 2.27. The van der Waals surface area contributed by atoms with Gasteiger partial charge in [0, 0.05) is 25.7 Å². The van der Waals surface area contributed by atoms with Gasteiger partial charge in [0.05, 0.1) is 0 Å². The van der Waals surface area contributed by atoms with Crippen LogP contribution >= 0.6 is 0 Å². The van der Waals surface area contributed by atoms with Crippen LogP contribution in [0, 0.1) is 26.7 Å². The maximum atomic E-state index is 3.66. The van der Waals surface area contributed by atoms with Crippen LogP contribution < -0.4 is 5.32 Å². The Labute approximate surface area is 129 Å². The highest BCUT2D eigenvalue weighted by Crippen LogP contribution is 2.31. The average Bonchev–Trinajstić information content (AvgIpc) is 3.07. The summed E-state index contributed by atoms with van der Waals surface area (Å²) in [6.07, 6.45) is 5.60. The van der Waals surface area contributed by atoms with Gasteiger partial charge in [0.25, 0.3) is 0 Å². The molecule has 1 saturated heterocycles. The first-order valence-corrected chi connectivity index (χ1v) is 8.64. The molecule has 0 aromatic heterocycles. The molecule has 116 valence electrons. The van der Waals surface area contributed by atoms with E-state index in [0.717, 1.165) is 18.5 Å². The Balaban J connectivity index is 1.70. The molecule has 21 heavy (non-hydrogen) atoms. The van der Waals surface area contributed by atoms with Gasteiger partial charge < -0.3 is 5.32 Å². The van der Waals surface area contributed by atoms with Gasteiger partial charge in [-0.1, -0.05) is 17.7 Å². The van der Waals surface area contributed by atoms with Gasteiger partial charge in [-0.25, -0.2) is 0 Å². The monoisotopic (exact) mass is 286 g/mol. The van der Waals surface area contributed by atoms with Crippen molar-refractivity contribution in [3.8, 4) is 0 Å². The molecule has 2 fully saturated rings. The largest absolute Gasteiger partial charge is 0.313 e. The van der Waals surface area contributed by atoms with E-state index in [9.17, 15) is 0 Å². The summed E-state index contributed by atoms with van der Waals surface area (Å²) in [5.41, 5.74) is 5.87. The van der Waals surface area contributed by atoms with E-state index < -0.39 is 0 Å². The molecule has 1 aliphatic carbocycles. The van der Waals surface area contributed by atoms with Crippen molar-refractivity contribution in [2.75, 3.05) is 19.6 Å². The Morgan fingerprint density at radius 2 is 1.76 bits per heavy atom. The second-order valence-electron chi connectivity index (χ2n) is 7.31. The normalized spacial score (nSPS) is 22.2. The summed E-state index contributed by atoms with van der Waals surface area (Å²) in [7, 11) is 0. The van der Waals surface area contributed by atoms with Crippen LogP contribution in [-0.4, -0.2) is 30.6 Å². The average molecular weight is 286 g/mol. The molecule has 1 aliphatic heterocycles. The van der Waals surface area contributed by atoms with Gasteiger partial charge in [0.1, 0.15) is 0 Å². The molecule has 3 rings (SSSR count). The molecule has 1 N–H and O–H groups in total. The molecule has 1 unspecified atom stereocenters. The Kier molecular flexibility index (Phi) is 4.66. The van der Waals surface area contributed by atoms with Crippen LogP contribution in [0.25, 0.3) is 0 Å². The van der Waals surface area contributed by atoms with Crippen LogP contribution in [0.15, 0.2) is 12.1 Å². The van der Waals surface area contributed by atoms with E-state index in [1.807, 2.05) is 0 Å². The number of hydrogen-bond donors (Lipinski definition) is 1. The van der Waals surface area contributed by atoms with Gasteiger partial charge in [-0.05, 0) is 75.6 Å². The zero-order chi connectivity index (χ0) is 14.8. The smallest absolute Gasteiger partial charge is 0.0239 e. The Hall–Kier alpha value is -0.860. The quantitative estimate of drug-likeness (QED) is 0.860. The second-order valence-corrected chi connectivity index (χ2v) is 7.31. The highest BCUT2D eigenvalue weighted by molar-refractivity contribution is 5.37. The maximum Gasteiger partial charge on any atom is 0.0239 e. The third kappa shape index (κ3) is 4.08. The molecule has 1 aromatic rings. The predicted octanol–water partition coefficient (Wildman–Crippen LogP) is 3.58. The predicted molar refractivity (Wildman–Crippen MR) is 89.7 cm³/mol. The summed E-state index contributed by atoms with van der Waals surface area (Å²) < 4.78 is 0. The summed E-state index contributed by atoms with van der Waals surface area (Å²) in [5, 5.41) is 3.66. The SMILES string of the molecule is Cc1cc(C)c(CN(CC2CC2)CC2CCCN2)c(C)c1. The second kappa shape index (κ2) is 6.50. The van der Waals surface area contributed by atoms with Crippen LogP contribution in [-0.2, 0) is 6.54 Å². The molecule has 0 spiro atoms. The Morgan fingerprint density at radius 3 is 2.33 bits per heavy atom. The van der Waals surface area contributed by atoms with Crippen LogP contribution in [0.3, 0.4) is 0 Å². The summed E-state index contributed by atoms with van der Waals surface area (Å²) in [4.78, 5) is 2.71. The van der Waals surface area contributed by atoms with E-state index in [1.165, 1.54) is 62.0 Å². The van der Waals surface area contributed by atoms with E-state index in [4.69, 9.17) is 0 Å². The number of hydrogen-bond acceptors (Lipinski definition) is 2. The minimum Gasteiger partial charge on any atom is -0.313 e. The van der Waals surface area contributed by atoms with Crippen molar-refractivity contribution < 1.29 is 0 Å².